The molecule has 2 N–H and O–H groups in total. The minimum Gasteiger partial charge on any atom is -0.479 e. The fraction of sp³-hybridized carbons (Fsp3) is 0.500. The largest absolute Gasteiger partial charge is 0.479 e. The molecule has 0 radical (unpaired) electrons. The number of carboxylic acid groups (broad SMARTS) is 1. The van der Waals surface area contributed by atoms with Gasteiger partial charge >= 0.3 is 5.97 Å². The number of carboxylic acids is 1. The van der Waals surface area contributed by atoms with E-state index in [-0.39, 0.29) is 37.6 Å². The molecule has 0 saturated carbocycles. The van der Waals surface area contributed by atoms with Crippen molar-refractivity contribution >= 4 is 27.8 Å². The molecule has 1 fully saturated rings. The number of amides is 1. The number of carbonyl (C=O) groups excluding carboxylic acids is 1. The highest BCUT2D eigenvalue weighted by Gasteiger charge is 2.41. The predicted octanol–water partition coefficient (Wildman–Crippen LogP) is 1.40. The van der Waals surface area contributed by atoms with E-state index in [0.29, 0.717) is 4.67 Å². The SMILES string of the molecule is Cc1cc(Br)oc1C(=O)N1CCC(O)(C(=O)O)CC1. The third-order valence-corrected chi connectivity index (χ3v) is 3.75. The van der Waals surface area contributed by atoms with Crippen molar-refractivity contribution in [2.45, 2.75) is 25.4 Å². The summed E-state index contributed by atoms with van der Waals surface area (Å²) >= 11 is 3.16. The van der Waals surface area contributed by atoms with Crippen LogP contribution >= 0.6 is 15.9 Å². The molecule has 1 saturated heterocycles. The van der Waals surface area contributed by atoms with E-state index in [4.69, 9.17) is 9.52 Å². The van der Waals surface area contributed by atoms with Crippen molar-refractivity contribution in [3.63, 3.8) is 0 Å². The Balaban J connectivity index is 2.08. The van der Waals surface area contributed by atoms with E-state index in [0.717, 1.165) is 5.56 Å². The number of aliphatic hydroxyl groups is 1. The number of furan rings is 1. The van der Waals surface area contributed by atoms with Gasteiger partial charge in [0.2, 0.25) is 0 Å². The lowest BCUT2D eigenvalue weighted by molar-refractivity contribution is -0.162. The Morgan fingerprint density at radius 1 is 1.42 bits per heavy atom. The molecule has 6 nitrogen and oxygen atoms in total. The zero-order valence-corrected chi connectivity index (χ0v) is 11.9. The number of aliphatic carboxylic acids is 1. The maximum absolute atomic E-state index is 12.2. The number of hydrogen-bond donors (Lipinski definition) is 2. The van der Waals surface area contributed by atoms with Gasteiger partial charge in [-0.2, -0.15) is 0 Å². The van der Waals surface area contributed by atoms with Crippen molar-refractivity contribution < 1.29 is 24.2 Å². The summed E-state index contributed by atoms with van der Waals surface area (Å²) in [6, 6.07) is 1.70. The van der Waals surface area contributed by atoms with Gasteiger partial charge in [-0.3, -0.25) is 4.79 Å². The van der Waals surface area contributed by atoms with Crippen molar-refractivity contribution in [2.75, 3.05) is 13.1 Å². The van der Waals surface area contributed by atoms with Crippen molar-refractivity contribution in [3.8, 4) is 0 Å². The van der Waals surface area contributed by atoms with Crippen LogP contribution in [0.4, 0.5) is 0 Å². The lowest BCUT2D eigenvalue weighted by Gasteiger charge is -2.34. The summed E-state index contributed by atoms with van der Waals surface area (Å²) in [6.07, 6.45) is 0.0456. The highest BCUT2D eigenvalue weighted by Crippen LogP contribution is 2.26. The summed E-state index contributed by atoms with van der Waals surface area (Å²) < 4.78 is 5.75. The summed E-state index contributed by atoms with van der Waals surface area (Å²) in [5.74, 6) is -1.28. The first-order valence-electron chi connectivity index (χ1n) is 5.84. The number of rotatable bonds is 2. The molecule has 1 aliphatic rings. The van der Waals surface area contributed by atoms with Crippen molar-refractivity contribution in [3.05, 3.63) is 22.1 Å². The average Bonchev–Trinajstić information content (AvgIpc) is 2.68. The van der Waals surface area contributed by atoms with Crippen LogP contribution in [0.2, 0.25) is 0 Å². The lowest BCUT2D eigenvalue weighted by atomic mass is 9.91. The summed E-state index contributed by atoms with van der Waals surface area (Å²) in [5.41, 5.74) is -1.01. The molecule has 0 spiro atoms. The fourth-order valence-corrected chi connectivity index (χ4v) is 2.60. The molecule has 1 aromatic heterocycles. The molecule has 1 aliphatic heterocycles. The molecule has 19 heavy (non-hydrogen) atoms. The molecular weight excluding hydrogens is 318 g/mol. The lowest BCUT2D eigenvalue weighted by Crippen LogP contribution is -2.50. The second-order valence-corrected chi connectivity index (χ2v) is 5.47. The molecule has 104 valence electrons. The number of carbonyl (C=O) groups is 2. The molecule has 0 bridgehead atoms. The van der Waals surface area contributed by atoms with Gasteiger partial charge in [0.15, 0.2) is 16.0 Å². The third kappa shape index (κ3) is 2.66. The molecule has 0 unspecified atom stereocenters. The molecule has 7 heteroatoms. The van der Waals surface area contributed by atoms with Crippen LogP contribution in [0.25, 0.3) is 0 Å². The summed E-state index contributed by atoms with van der Waals surface area (Å²) in [7, 11) is 0. The van der Waals surface area contributed by atoms with Gasteiger partial charge in [-0.25, -0.2) is 4.79 Å². The topological polar surface area (TPSA) is 91.0 Å². The van der Waals surface area contributed by atoms with Crippen LogP contribution in [-0.4, -0.2) is 45.7 Å². The fourth-order valence-electron chi connectivity index (χ4n) is 2.09. The molecule has 0 aliphatic carbocycles. The summed E-state index contributed by atoms with van der Waals surface area (Å²) in [4.78, 5) is 24.6. The Morgan fingerprint density at radius 3 is 2.42 bits per heavy atom. The van der Waals surface area contributed by atoms with Gasteiger partial charge in [0, 0.05) is 31.5 Å². The standard InChI is InChI=1S/C12H14BrNO5/c1-7-6-8(13)19-9(7)10(15)14-4-2-12(18,3-5-14)11(16)17/h6,18H,2-5H2,1H3,(H,16,17). The van der Waals surface area contributed by atoms with Gasteiger partial charge in [-0.15, -0.1) is 0 Å². The number of aryl methyl sites for hydroxylation is 1. The molecular formula is C12H14BrNO5. The number of piperidine rings is 1. The average molecular weight is 332 g/mol. The van der Waals surface area contributed by atoms with Crippen molar-refractivity contribution in [2.24, 2.45) is 0 Å². The monoisotopic (exact) mass is 331 g/mol. The summed E-state index contributed by atoms with van der Waals surface area (Å²) in [5, 5.41) is 18.7. The zero-order chi connectivity index (χ0) is 14.2. The van der Waals surface area contributed by atoms with Gasteiger partial charge in [0.25, 0.3) is 5.91 Å². The molecule has 0 aromatic carbocycles. The smallest absolute Gasteiger partial charge is 0.335 e. The normalized spacial score (nSPS) is 18.4. The van der Waals surface area contributed by atoms with E-state index in [1.54, 1.807) is 13.0 Å². The van der Waals surface area contributed by atoms with E-state index < -0.39 is 11.6 Å². The van der Waals surface area contributed by atoms with Gasteiger partial charge in [0.1, 0.15) is 0 Å². The van der Waals surface area contributed by atoms with Crippen LogP contribution in [0, 0.1) is 6.92 Å². The van der Waals surface area contributed by atoms with E-state index >= 15 is 0 Å². The Kier molecular flexibility index (Phi) is 3.69. The third-order valence-electron chi connectivity index (χ3n) is 3.36. The maximum Gasteiger partial charge on any atom is 0.335 e. The van der Waals surface area contributed by atoms with Crippen LogP contribution in [0.1, 0.15) is 29.0 Å². The molecule has 2 rings (SSSR count). The number of halogens is 1. The van der Waals surface area contributed by atoms with Gasteiger partial charge < -0.3 is 19.5 Å². The molecule has 1 aromatic rings. The number of hydrogen-bond acceptors (Lipinski definition) is 4. The maximum atomic E-state index is 12.2. The van der Waals surface area contributed by atoms with Gasteiger partial charge in [0.05, 0.1) is 0 Å². The molecule has 1 amide bonds. The minimum absolute atomic E-state index is 0.0228. The Bertz CT molecular complexity index is 516. The first-order valence-corrected chi connectivity index (χ1v) is 6.64. The van der Waals surface area contributed by atoms with Crippen molar-refractivity contribution in [1.82, 2.24) is 4.90 Å². The Labute approximate surface area is 118 Å². The molecule has 2 heterocycles. The van der Waals surface area contributed by atoms with E-state index in [2.05, 4.69) is 15.9 Å². The van der Waals surface area contributed by atoms with Crippen LogP contribution < -0.4 is 0 Å². The highest BCUT2D eigenvalue weighted by atomic mass is 79.9. The quantitative estimate of drug-likeness (QED) is 0.854. The molecule has 0 atom stereocenters. The predicted molar refractivity (Wildman–Crippen MR) is 68.9 cm³/mol. The summed E-state index contributed by atoms with van der Waals surface area (Å²) in [6.45, 7) is 2.15. The second kappa shape index (κ2) is 4.97. The number of nitrogens with zero attached hydrogens (tertiary/aromatic N) is 1. The first-order chi connectivity index (χ1) is 8.83. The number of likely N-dealkylation sites (tertiary alicyclic amines) is 1. The van der Waals surface area contributed by atoms with Crippen LogP contribution in [-0.2, 0) is 4.79 Å². The van der Waals surface area contributed by atoms with Gasteiger partial charge in [-0.1, -0.05) is 0 Å². The van der Waals surface area contributed by atoms with Crippen molar-refractivity contribution in [1.29, 1.82) is 0 Å². The van der Waals surface area contributed by atoms with Gasteiger partial charge in [-0.05, 0) is 28.9 Å². The first kappa shape index (κ1) is 14.1. The second-order valence-electron chi connectivity index (χ2n) is 4.69. The van der Waals surface area contributed by atoms with Crippen LogP contribution in [0.15, 0.2) is 15.2 Å². The van der Waals surface area contributed by atoms with Crippen LogP contribution in [0.3, 0.4) is 0 Å². The zero-order valence-electron chi connectivity index (χ0n) is 10.4. The Hall–Kier alpha value is -1.34. The van der Waals surface area contributed by atoms with E-state index in [9.17, 15) is 14.7 Å². The highest BCUT2D eigenvalue weighted by molar-refractivity contribution is 9.10. The van der Waals surface area contributed by atoms with E-state index in [1.165, 1.54) is 4.90 Å². The van der Waals surface area contributed by atoms with Crippen LogP contribution in [0.5, 0.6) is 0 Å². The Morgan fingerprint density at radius 2 is 2.00 bits per heavy atom. The van der Waals surface area contributed by atoms with E-state index in [1.807, 2.05) is 0 Å². The minimum atomic E-state index is -1.73.